The Morgan fingerprint density at radius 3 is 2.13 bits per heavy atom. The van der Waals surface area contributed by atoms with Crippen molar-refractivity contribution in [1.82, 2.24) is 10.2 Å². The maximum absolute atomic E-state index is 14.0. The van der Waals surface area contributed by atoms with Crippen LogP contribution in [0.1, 0.15) is 62.1 Å². The van der Waals surface area contributed by atoms with Gasteiger partial charge in [-0.05, 0) is 50.4 Å². The standard InChI is InChI=1S/C36H39N3O6/c1-24-31(34(40)44-4)33(28-16-11-17-29(22-28)39(42)43)32(25(2)37-24)35(41)45-36(3)19-21-38(23-36)20-18-30(26-12-7-5-8-13-26)27-14-9-6-10-15-27/h5-17,22,30,33,37H,18-21,23H2,1-4H3/t33-,36+/m1/s1. The number of benzene rings is 3. The van der Waals surface area contributed by atoms with Gasteiger partial charge < -0.3 is 14.8 Å². The molecule has 9 heteroatoms. The van der Waals surface area contributed by atoms with Gasteiger partial charge >= 0.3 is 11.9 Å². The smallest absolute Gasteiger partial charge is 0.337 e. The summed E-state index contributed by atoms with van der Waals surface area (Å²) in [5.74, 6) is -1.85. The van der Waals surface area contributed by atoms with Crippen molar-refractivity contribution in [2.24, 2.45) is 0 Å². The summed E-state index contributed by atoms with van der Waals surface area (Å²) in [6.45, 7) is 7.57. The van der Waals surface area contributed by atoms with Crippen LogP contribution in [-0.4, -0.2) is 54.1 Å². The molecule has 1 saturated heterocycles. The van der Waals surface area contributed by atoms with Gasteiger partial charge in [0, 0.05) is 49.0 Å². The lowest BCUT2D eigenvalue weighted by atomic mass is 9.80. The van der Waals surface area contributed by atoms with E-state index in [0.717, 1.165) is 19.5 Å². The van der Waals surface area contributed by atoms with Crippen LogP contribution in [-0.2, 0) is 19.1 Å². The number of rotatable bonds is 10. The lowest BCUT2D eigenvalue weighted by Crippen LogP contribution is -2.39. The third-order valence-electron chi connectivity index (χ3n) is 8.79. The summed E-state index contributed by atoms with van der Waals surface area (Å²) in [5.41, 5.74) is 3.54. The zero-order valence-electron chi connectivity index (χ0n) is 26.1. The number of likely N-dealkylation sites (tertiary alicyclic amines) is 1. The highest BCUT2D eigenvalue weighted by atomic mass is 16.6. The number of ether oxygens (including phenoxy) is 2. The van der Waals surface area contributed by atoms with E-state index in [-0.39, 0.29) is 22.8 Å². The average molecular weight is 610 g/mol. The number of esters is 2. The van der Waals surface area contributed by atoms with Gasteiger partial charge in [0.15, 0.2) is 0 Å². The molecule has 0 bridgehead atoms. The summed E-state index contributed by atoms with van der Waals surface area (Å²) in [6.07, 6.45) is 1.56. The van der Waals surface area contributed by atoms with Gasteiger partial charge in [-0.3, -0.25) is 15.0 Å². The fourth-order valence-electron chi connectivity index (χ4n) is 6.58. The number of nitrogens with zero attached hydrogens (tertiary/aromatic N) is 2. The van der Waals surface area contributed by atoms with E-state index in [0.29, 0.717) is 29.9 Å². The normalized spacial score (nSPS) is 20.2. The highest BCUT2D eigenvalue weighted by Gasteiger charge is 2.43. The van der Waals surface area contributed by atoms with Gasteiger partial charge in [-0.2, -0.15) is 0 Å². The summed E-state index contributed by atoms with van der Waals surface area (Å²) in [5, 5.41) is 14.7. The number of carbonyl (C=O) groups is 2. The zero-order valence-corrected chi connectivity index (χ0v) is 26.1. The minimum Gasteiger partial charge on any atom is -0.466 e. The number of non-ortho nitro benzene ring substituents is 1. The second-order valence-electron chi connectivity index (χ2n) is 12.0. The molecule has 0 saturated carbocycles. The van der Waals surface area contributed by atoms with Crippen LogP contribution in [0.25, 0.3) is 0 Å². The first-order valence-corrected chi connectivity index (χ1v) is 15.2. The Bertz CT molecular complexity index is 1600. The Kier molecular flexibility index (Phi) is 9.48. The van der Waals surface area contributed by atoms with Crippen molar-refractivity contribution in [3.63, 3.8) is 0 Å². The van der Waals surface area contributed by atoms with Crippen molar-refractivity contribution in [2.75, 3.05) is 26.7 Å². The topological polar surface area (TPSA) is 111 Å². The van der Waals surface area contributed by atoms with Crippen molar-refractivity contribution in [3.8, 4) is 0 Å². The number of nitrogens with one attached hydrogen (secondary N) is 1. The van der Waals surface area contributed by atoms with E-state index in [4.69, 9.17) is 9.47 Å². The van der Waals surface area contributed by atoms with E-state index >= 15 is 0 Å². The fraction of sp³-hybridized carbons (Fsp3) is 0.333. The van der Waals surface area contributed by atoms with Crippen LogP contribution in [0.3, 0.4) is 0 Å². The number of nitro benzene ring substituents is 1. The van der Waals surface area contributed by atoms with E-state index in [2.05, 4.69) is 58.7 Å². The van der Waals surface area contributed by atoms with Crippen molar-refractivity contribution >= 4 is 17.6 Å². The van der Waals surface area contributed by atoms with Crippen molar-refractivity contribution in [2.45, 2.75) is 51.0 Å². The monoisotopic (exact) mass is 609 g/mol. The van der Waals surface area contributed by atoms with Crippen LogP contribution in [0, 0.1) is 10.1 Å². The van der Waals surface area contributed by atoms with E-state index in [1.165, 1.54) is 30.4 Å². The quantitative estimate of drug-likeness (QED) is 0.164. The molecular formula is C36H39N3O6. The molecule has 9 nitrogen and oxygen atoms in total. The Morgan fingerprint density at radius 2 is 1.56 bits per heavy atom. The molecule has 3 aromatic rings. The van der Waals surface area contributed by atoms with Crippen LogP contribution in [0.15, 0.2) is 107 Å². The minimum absolute atomic E-state index is 0.138. The van der Waals surface area contributed by atoms with E-state index in [9.17, 15) is 19.7 Å². The van der Waals surface area contributed by atoms with Crippen LogP contribution in [0.5, 0.6) is 0 Å². The van der Waals surface area contributed by atoms with E-state index in [1.807, 2.05) is 19.1 Å². The number of nitro groups is 1. The summed E-state index contributed by atoms with van der Waals surface area (Å²) in [4.78, 5) is 40.5. The van der Waals surface area contributed by atoms with Gasteiger partial charge in [-0.25, -0.2) is 9.59 Å². The molecule has 2 heterocycles. The van der Waals surface area contributed by atoms with Crippen molar-refractivity contribution in [1.29, 1.82) is 0 Å². The molecule has 0 aromatic heterocycles. The van der Waals surface area contributed by atoms with Crippen LogP contribution < -0.4 is 5.32 Å². The van der Waals surface area contributed by atoms with Crippen molar-refractivity contribution in [3.05, 3.63) is 134 Å². The molecule has 0 aliphatic carbocycles. The number of allylic oxidation sites excluding steroid dienone is 2. The molecule has 45 heavy (non-hydrogen) atoms. The van der Waals surface area contributed by atoms with E-state index in [1.54, 1.807) is 26.0 Å². The lowest BCUT2D eigenvalue weighted by Gasteiger charge is -2.33. The van der Waals surface area contributed by atoms with Gasteiger partial charge in [0.05, 0.1) is 29.1 Å². The summed E-state index contributed by atoms with van der Waals surface area (Å²) >= 11 is 0. The molecule has 0 unspecified atom stereocenters. The summed E-state index contributed by atoms with van der Waals surface area (Å²) < 4.78 is 11.3. The Labute approximate surface area is 263 Å². The number of methoxy groups -OCH3 is 1. The molecule has 2 aliphatic heterocycles. The largest absolute Gasteiger partial charge is 0.466 e. The molecule has 0 spiro atoms. The molecule has 2 atom stereocenters. The fourth-order valence-corrected chi connectivity index (χ4v) is 6.58. The number of dihydropyridines is 1. The van der Waals surface area contributed by atoms with Crippen LogP contribution >= 0.6 is 0 Å². The molecule has 0 radical (unpaired) electrons. The first-order valence-electron chi connectivity index (χ1n) is 15.2. The number of hydrogen-bond acceptors (Lipinski definition) is 8. The van der Waals surface area contributed by atoms with Gasteiger partial charge in [0.2, 0.25) is 0 Å². The average Bonchev–Trinajstić information content (AvgIpc) is 3.41. The van der Waals surface area contributed by atoms with E-state index < -0.39 is 28.4 Å². The first kappa shape index (κ1) is 31.7. The molecule has 0 amide bonds. The van der Waals surface area contributed by atoms with Gasteiger partial charge in [-0.1, -0.05) is 72.8 Å². The second kappa shape index (κ2) is 13.5. The van der Waals surface area contributed by atoms with Gasteiger partial charge in [0.1, 0.15) is 5.60 Å². The third kappa shape index (κ3) is 6.99. The predicted octanol–water partition coefficient (Wildman–Crippen LogP) is 6.23. The second-order valence-corrected chi connectivity index (χ2v) is 12.0. The molecule has 2 aliphatic rings. The third-order valence-corrected chi connectivity index (χ3v) is 8.79. The predicted molar refractivity (Wildman–Crippen MR) is 171 cm³/mol. The Hall–Kier alpha value is -4.76. The molecule has 3 aromatic carbocycles. The van der Waals surface area contributed by atoms with Gasteiger partial charge in [-0.15, -0.1) is 0 Å². The molecule has 234 valence electrons. The number of carbonyl (C=O) groups excluding carboxylic acids is 2. The number of hydrogen-bond donors (Lipinski definition) is 1. The first-order chi connectivity index (χ1) is 21.6. The highest BCUT2D eigenvalue weighted by Crippen LogP contribution is 2.41. The minimum atomic E-state index is -0.898. The Balaban J connectivity index is 1.35. The van der Waals surface area contributed by atoms with Crippen LogP contribution in [0.2, 0.25) is 0 Å². The molecule has 1 fully saturated rings. The Morgan fingerprint density at radius 1 is 0.956 bits per heavy atom. The summed E-state index contributed by atoms with van der Waals surface area (Å²) in [7, 11) is 1.27. The SMILES string of the molecule is COC(=O)C1=C(C)NC(C)=C(C(=O)O[C@@]2(C)CCN(CCC(c3ccccc3)c3ccccc3)C2)[C@@H]1c1cccc([N+](=O)[O-])c1. The molecule has 1 N–H and O–H groups in total. The van der Waals surface area contributed by atoms with Crippen molar-refractivity contribution < 1.29 is 24.0 Å². The maximum Gasteiger partial charge on any atom is 0.337 e. The summed E-state index contributed by atoms with van der Waals surface area (Å²) in [6, 6.07) is 27.0. The van der Waals surface area contributed by atoms with Crippen LogP contribution in [0.4, 0.5) is 5.69 Å². The van der Waals surface area contributed by atoms with Gasteiger partial charge in [0.25, 0.3) is 5.69 Å². The molecule has 5 rings (SSSR count). The maximum atomic E-state index is 14.0. The zero-order chi connectivity index (χ0) is 32.1. The molecular weight excluding hydrogens is 570 g/mol. The highest BCUT2D eigenvalue weighted by molar-refractivity contribution is 6.00. The lowest BCUT2D eigenvalue weighted by molar-refractivity contribution is -0.384.